The maximum Gasteiger partial charge on any atom is 0.416 e. The van der Waals surface area contributed by atoms with E-state index in [-0.39, 0.29) is 0 Å². The van der Waals surface area contributed by atoms with E-state index in [1.165, 1.54) is 23.9 Å². The molecule has 1 aromatic heterocycles. The van der Waals surface area contributed by atoms with Crippen LogP contribution < -0.4 is 14.8 Å². The third kappa shape index (κ3) is 5.31. The number of rotatable bonds is 7. The normalized spacial score (nSPS) is 11.4. The molecule has 4 aromatic rings. The number of alkyl halides is 3. The molecule has 0 saturated carbocycles. The van der Waals surface area contributed by atoms with Gasteiger partial charge < -0.3 is 14.8 Å². The molecule has 0 spiro atoms. The van der Waals surface area contributed by atoms with Crippen molar-refractivity contribution in [2.45, 2.75) is 17.1 Å². The molecule has 5 nitrogen and oxygen atoms in total. The number of thioether (sulfide) groups is 1. The minimum atomic E-state index is -4.35. The number of ether oxygens (including phenoxy) is 2. The summed E-state index contributed by atoms with van der Waals surface area (Å²) in [6.07, 6.45) is -4.35. The topological polar surface area (TPSA) is 56.3 Å². The minimum absolute atomic E-state index is 0.437. The molecule has 0 unspecified atom stereocenters. The molecule has 1 heterocycles. The van der Waals surface area contributed by atoms with E-state index in [1.54, 1.807) is 20.3 Å². The van der Waals surface area contributed by atoms with Crippen molar-refractivity contribution in [3.05, 3.63) is 77.9 Å². The average Bonchev–Trinajstić information content (AvgIpc) is 2.82. The maximum atomic E-state index is 12.8. The Labute approximate surface area is 193 Å². The van der Waals surface area contributed by atoms with E-state index < -0.39 is 11.7 Å². The van der Waals surface area contributed by atoms with Crippen LogP contribution >= 0.6 is 11.8 Å². The van der Waals surface area contributed by atoms with Crippen molar-refractivity contribution in [3.63, 3.8) is 0 Å². The van der Waals surface area contributed by atoms with Gasteiger partial charge in [0.05, 0.1) is 25.3 Å². The van der Waals surface area contributed by atoms with Gasteiger partial charge in [0.15, 0.2) is 16.7 Å². The van der Waals surface area contributed by atoms with Crippen molar-refractivity contribution in [2.24, 2.45) is 0 Å². The van der Waals surface area contributed by atoms with Gasteiger partial charge in [0.2, 0.25) is 0 Å². The average molecular weight is 472 g/mol. The first-order chi connectivity index (χ1) is 15.9. The summed E-state index contributed by atoms with van der Waals surface area (Å²) in [4.78, 5) is 9.25. The molecule has 0 amide bonds. The summed E-state index contributed by atoms with van der Waals surface area (Å²) < 4.78 is 49.0. The summed E-state index contributed by atoms with van der Waals surface area (Å²) >= 11 is 1.35. The molecule has 0 fully saturated rings. The molecule has 0 aliphatic carbocycles. The Morgan fingerprint density at radius 1 is 0.879 bits per heavy atom. The van der Waals surface area contributed by atoms with Gasteiger partial charge in [-0.1, -0.05) is 36.0 Å². The number of anilines is 2. The van der Waals surface area contributed by atoms with Crippen LogP contribution in [0.3, 0.4) is 0 Å². The summed E-state index contributed by atoms with van der Waals surface area (Å²) in [5, 5.41) is 4.66. The van der Waals surface area contributed by atoms with Gasteiger partial charge in [-0.25, -0.2) is 9.97 Å². The highest BCUT2D eigenvalue weighted by molar-refractivity contribution is 7.98. The number of benzene rings is 3. The van der Waals surface area contributed by atoms with Crippen LogP contribution in [0.15, 0.2) is 71.9 Å². The second kappa shape index (κ2) is 9.58. The van der Waals surface area contributed by atoms with E-state index in [2.05, 4.69) is 15.3 Å². The lowest BCUT2D eigenvalue weighted by Gasteiger charge is -2.13. The molecule has 0 saturated heterocycles. The Hall–Kier alpha value is -3.46. The zero-order chi connectivity index (χ0) is 23.4. The summed E-state index contributed by atoms with van der Waals surface area (Å²) in [5.41, 5.74) is 1.60. The van der Waals surface area contributed by atoms with Crippen LogP contribution in [0, 0.1) is 0 Å². The third-order valence-electron chi connectivity index (χ3n) is 4.88. The lowest BCUT2D eigenvalue weighted by molar-refractivity contribution is -0.137. The smallest absolute Gasteiger partial charge is 0.416 e. The molecule has 0 atom stereocenters. The van der Waals surface area contributed by atoms with E-state index in [4.69, 9.17) is 9.47 Å². The Kier molecular flexibility index (Phi) is 6.60. The van der Waals surface area contributed by atoms with Gasteiger partial charge in [-0.2, -0.15) is 13.2 Å². The van der Waals surface area contributed by atoms with Crippen LogP contribution in [0.2, 0.25) is 0 Å². The van der Waals surface area contributed by atoms with Crippen LogP contribution in [-0.4, -0.2) is 24.2 Å². The molecule has 170 valence electrons. The first-order valence-electron chi connectivity index (χ1n) is 9.92. The van der Waals surface area contributed by atoms with Crippen molar-refractivity contribution < 1.29 is 22.6 Å². The van der Waals surface area contributed by atoms with Gasteiger partial charge in [0.25, 0.3) is 0 Å². The standard InChI is InChI=1S/C24H20F3N3O2S/c1-31-20-12-11-17(13-21(20)32-2)28-22-18-5-3-4-6-19(18)29-23(30-22)33-14-15-7-9-16(10-8-15)24(25,26)27/h3-13H,14H2,1-2H3,(H,28,29,30). The highest BCUT2D eigenvalue weighted by Crippen LogP contribution is 2.34. The van der Waals surface area contributed by atoms with Crippen molar-refractivity contribution in [2.75, 3.05) is 19.5 Å². The van der Waals surface area contributed by atoms with Gasteiger partial charge in [-0.3, -0.25) is 0 Å². The van der Waals surface area contributed by atoms with Crippen molar-refractivity contribution in [3.8, 4) is 11.5 Å². The number of fused-ring (bicyclic) bond motifs is 1. The third-order valence-corrected chi connectivity index (χ3v) is 5.80. The molecule has 0 aliphatic heterocycles. The number of nitrogens with one attached hydrogen (secondary N) is 1. The molecule has 33 heavy (non-hydrogen) atoms. The molecule has 1 N–H and O–H groups in total. The Morgan fingerprint density at radius 2 is 1.61 bits per heavy atom. The summed E-state index contributed by atoms with van der Waals surface area (Å²) in [6, 6.07) is 18.2. The summed E-state index contributed by atoms with van der Waals surface area (Å²) in [6.45, 7) is 0. The van der Waals surface area contributed by atoms with Gasteiger partial charge in [-0.15, -0.1) is 0 Å². The van der Waals surface area contributed by atoms with Crippen molar-refractivity contribution in [1.29, 1.82) is 0 Å². The zero-order valence-electron chi connectivity index (χ0n) is 17.8. The maximum absolute atomic E-state index is 12.8. The largest absolute Gasteiger partial charge is 0.493 e. The molecule has 9 heteroatoms. The molecule has 0 radical (unpaired) electrons. The van der Waals surface area contributed by atoms with E-state index >= 15 is 0 Å². The second-order valence-electron chi connectivity index (χ2n) is 7.05. The molecular formula is C24H20F3N3O2S. The molecule has 0 aliphatic rings. The predicted octanol–water partition coefficient (Wildman–Crippen LogP) is 6.70. The first kappa shape index (κ1) is 22.7. The quantitative estimate of drug-likeness (QED) is 0.239. The van der Waals surface area contributed by atoms with Crippen LogP contribution in [0.4, 0.5) is 24.7 Å². The number of hydrogen-bond donors (Lipinski definition) is 1. The van der Waals surface area contributed by atoms with E-state index in [0.29, 0.717) is 28.2 Å². The van der Waals surface area contributed by atoms with E-state index in [9.17, 15) is 13.2 Å². The fourth-order valence-corrected chi connectivity index (χ4v) is 4.01. The first-order valence-corrected chi connectivity index (χ1v) is 10.9. The minimum Gasteiger partial charge on any atom is -0.493 e. The Bertz CT molecular complexity index is 1260. The monoisotopic (exact) mass is 471 g/mol. The lowest BCUT2D eigenvalue weighted by Crippen LogP contribution is -2.04. The fraction of sp³-hybridized carbons (Fsp3) is 0.167. The van der Waals surface area contributed by atoms with Crippen LogP contribution in [0.25, 0.3) is 10.9 Å². The van der Waals surface area contributed by atoms with Gasteiger partial charge in [0.1, 0.15) is 5.82 Å². The number of nitrogens with zero attached hydrogens (tertiary/aromatic N) is 2. The number of hydrogen-bond acceptors (Lipinski definition) is 6. The lowest BCUT2D eigenvalue weighted by atomic mass is 10.1. The number of aromatic nitrogens is 2. The summed E-state index contributed by atoms with van der Waals surface area (Å²) in [7, 11) is 3.14. The molecular weight excluding hydrogens is 451 g/mol. The van der Waals surface area contributed by atoms with Crippen molar-refractivity contribution >= 4 is 34.2 Å². The Morgan fingerprint density at radius 3 is 2.30 bits per heavy atom. The van der Waals surface area contributed by atoms with E-state index in [1.807, 2.05) is 36.4 Å². The van der Waals surface area contributed by atoms with Crippen LogP contribution in [0.5, 0.6) is 11.5 Å². The van der Waals surface area contributed by atoms with Gasteiger partial charge in [0, 0.05) is 22.9 Å². The van der Waals surface area contributed by atoms with Crippen molar-refractivity contribution in [1.82, 2.24) is 9.97 Å². The number of methoxy groups -OCH3 is 2. The van der Waals surface area contributed by atoms with Crippen LogP contribution in [-0.2, 0) is 11.9 Å². The Balaban J connectivity index is 1.59. The zero-order valence-corrected chi connectivity index (χ0v) is 18.6. The summed E-state index contributed by atoms with van der Waals surface area (Å²) in [5.74, 6) is 2.25. The second-order valence-corrected chi connectivity index (χ2v) is 7.99. The highest BCUT2D eigenvalue weighted by Gasteiger charge is 2.29. The van der Waals surface area contributed by atoms with E-state index in [0.717, 1.165) is 34.3 Å². The fourth-order valence-electron chi connectivity index (χ4n) is 3.20. The SMILES string of the molecule is COc1ccc(Nc2nc(SCc3ccc(C(F)(F)F)cc3)nc3ccccc23)cc1OC. The molecule has 3 aromatic carbocycles. The van der Waals surface area contributed by atoms with Crippen LogP contribution in [0.1, 0.15) is 11.1 Å². The molecule has 0 bridgehead atoms. The number of halogens is 3. The predicted molar refractivity (Wildman–Crippen MR) is 123 cm³/mol. The number of para-hydroxylation sites is 1. The van der Waals surface area contributed by atoms with Gasteiger partial charge in [-0.05, 0) is 42.0 Å². The molecule has 4 rings (SSSR count). The highest BCUT2D eigenvalue weighted by atomic mass is 32.2. The van der Waals surface area contributed by atoms with Gasteiger partial charge >= 0.3 is 6.18 Å².